The summed E-state index contributed by atoms with van der Waals surface area (Å²) in [5, 5.41) is 11.6. The number of likely N-dealkylation sites (N-methyl/N-ethyl adjacent to an activating group) is 1. The van der Waals surface area contributed by atoms with Crippen LogP contribution in [0.4, 0.5) is 14.5 Å². The maximum absolute atomic E-state index is 15.1. The molecule has 0 bridgehead atoms. The Labute approximate surface area is 292 Å². The van der Waals surface area contributed by atoms with Crippen molar-refractivity contribution in [1.29, 1.82) is 0 Å². The summed E-state index contributed by atoms with van der Waals surface area (Å²) in [6.07, 6.45) is 7.09. The van der Waals surface area contributed by atoms with Gasteiger partial charge < -0.3 is 15.0 Å². The summed E-state index contributed by atoms with van der Waals surface area (Å²) in [5.41, 5.74) is 4.10. The van der Waals surface area contributed by atoms with Crippen molar-refractivity contribution in [2.24, 2.45) is 0 Å². The van der Waals surface area contributed by atoms with Gasteiger partial charge in [-0.25, -0.2) is 23.2 Å². The first-order valence-corrected chi connectivity index (χ1v) is 16.7. The highest BCUT2D eigenvalue weighted by molar-refractivity contribution is 6.14. The molecule has 0 aliphatic carbocycles. The van der Waals surface area contributed by atoms with Crippen LogP contribution in [-0.4, -0.2) is 97.9 Å². The van der Waals surface area contributed by atoms with Gasteiger partial charge >= 0.3 is 0 Å². The van der Waals surface area contributed by atoms with Gasteiger partial charge in [0.15, 0.2) is 5.82 Å². The van der Waals surface area contributed by atoms with Crippen LogP contribution in [-0.2, 0) is 9.59 Å². The largest absolute Gasteiger partial charge is 0.374 e. The Hall–Kier alpha value is -5.04. The van der Waals surface area contributed by atoms with Gasteiger partial charge in [0.05, 0.1) is 23.3 Å². The number of fused-ring (bicyclic) bond motifs is 1. The van der Waals surface area contributed by atoms with E-state index in [0.717, 1.165) is 28.3 Å². The quantitative estimate of drug-likeness (QED) is 0.140. The lowest BCUT2D eigenvalue weighted by molar-refractivity contribution is -0.131. The molecule has 5 aromatic rings. The van der Waals surface area contributed by atoms with Crippen LogP contribution in [0.3, 0.4) is 0 Å². The van der Waals surface area contributed by atoms with Crippen molar-refractivity contribution in [3.05, 3.63) is 102 Å². The first kappa shape index (κ1) is 33.5. The van der Waals surface area contributed by atoms with E-state index < -0.39 is 11.6 Å². The van der Waals surface area contributed by atoms with Crippen LogP contribution < -0.4 is 5.32 Å². The van der Waals surface area contributed by atoms with Crippen LogP contribution in [0.2, 0.25) is 0 Å². The number of aromatic nitrogens is 4. The van der Waals surface area contributed by atoms with Gasteiger partial charge in [-0.3, -0.25) is 14.8 Å². The van der Waals surface area contributed by atoms with E-state index in [1.54, 1.807) is 53.0 Å². The molecule has 50 heavy (non-hydrogen) atoms. The van der Waals surface area contributed by atoms with E-state index >= 15 is 4.39 Å². The van der Waals surface area contributed by atoms with E-state index in [4.69, 9.17) is 11.8 Å². The molecule has 10 nitrogen and oxygen atoms in total. The van der Waals surface area contributed by atoms with E-state index in [1.165, 1.54) is 18.2 Å². The normalized spacial score (nSPS) is 18.7. The van der Waals surface area contributed by atoms with Crippen molar-refractivity contribution in [3.63, 3.8) is 0 Å². The summed E-state index contributed by atoms with van der Waals surface area (Å²) in [5.74, 6) is -0.263. The fourth-order valence-corrected chi connectivity index (χ4v) is 7.17. The molecule has 2 aliphatic rings. The van der Waals surface area contributed by atoms with Gasteiger partial charge in [0.1, 0.15) is 24.0 Å². The molecule has 256 valence electrons. The molecule has 1 fully saturated rings. The van der Waals surface area contributed by atoms with Crippen LogP contribution in [0, 0.1) is 11.6 Å². The molecule has 13 heteroatoms. The Balaban J connectivity index is 1.01. The minimum atomic E-state index is -0.793. The second kappa shape index (κ2) is 14.1. The van der Waals surface area contributed by atoms with Crippen molar-refractivity contribution in [2.75, 3.05) is 45.1 Å². The summed E-state index contributed by atoms with van der Waals surface area (Å²) in [7, 11) is 1.73. The predicted octanol–water partition coefficient (Wildman–Crippen LogP) is 5.79. The Morgan fingerprint density at radius 1 is 1.08 bits per heavy atom. The standard InChI is InChI=1S/C37H35ClF2N8O2/c1-46(38)37(33(22-49)43-28-8-10-32-30(20-28)35(45-44-32)25-3-6-27(39)7-4-25)13-18-47(23-37)21-34(50)48-16-11-24(12-17-48)29-9-5-26(19-31(29)40)36-41-14-2-15-42-36/h2-11,14-15,19-20,22,33,43H,12-13,16-18,21,23H2,1H3,(H,44,45). The monoisotopic (exact) mass is 696 g/mol. The highest BCUT2D eigenvalue weighted by atomic mass is 35.5. The van der Waals surface area contributed by atoms with Gasteiger partial charge in [0.25, 0.3) is 0 Å². The number of amides is 1. The number of nitrogens with zero attached hydrogens (tertiary/aromatic N) is 6. The maximum atomic E-state index is 15.1. The number of benzene rings is 3. The lowest BCUT2D eigenvalue weighted by Gasteiger charge is -2.39. The number of anilines is 1. The number of rotatable bonds is 10. The molecule has 2 unspecified atom stereocenters. The number of likely N-dealkylation sites (tertiary alicyclic amines) is 1. The van der Waals surface area contributed by atoms with E-state index in [1.807, 2.05) is 35.2 Å². The molecule has 2 aromatic heterocycles. The molecule has 2 atom stereocenters. The molecule has 0 spiro atoms. The van der Waals surface area contributed by atoms with E-state index in [0.29, 0.717) is 67.4 Å². The van der Waals surface area contributed by atoms with Gasteiger partial charge in [-0.2, -0.15) is 5.10 Å². The topological polar surface area (TPSA) is 110 Å². The summed E-state index contributed by atoms with van der Waals surface area (Å²) in [4.78, 5) is 38.3. The Kier molecular flexibility index (Phi) is 9.41. The second-order valence-electron chi connectivity index (χ2n) is 12.7. The molecule has 7 rings (SSSR count). The first-order chi connectivity index (χ1) is 24.2. The van der Waals surface area contributed by atoms with E-state index in [9.17, 15) is 14.0 Å². The zero-order chi connectivity index (χ0) is 34.8. The maximum Gasteiger partial charge on any atom is 0.237 e. The minimum Gasteiger partial charge on any atom is -0.374 e. The summed E-state index contributed by atoms with van der Waals surface area (Å²) in [6, 6.07) is 17.8. The average Bonchev–Trinajstić information content (AvgIpc) is 3.76. The SMILES string of the molecule is CN(Cl)C1(C(C=O)Nc2ccc3[nH]nc(-c4ccc(F)cc4)c3c2)CCN(CC(=O)N2CC=C(c3ccc(-c4ncccn4)cc3F)CC2)C1. The number of carbonyl (C=O) groups is 2. The zero-order valence-electron chi connectivity index (χ0n) is 27.3. The first-order valence-electron chi connectivity index (χ1n) is 16.4. The zero-order valence-corrected chi connectivity index (χ0v) is 28.1. The molecular formula is C37H35ClF2N8O2. The summed E-state index contributed by atoms with van der Waals surface area (Å²) >= 11 is 6.68. The van der Waals surface area contributed by atoms with Crippen LogP contribution in [0.15, 0.2) is 85.2 Å². The lowest BCUT2D eigenvalue weighted by Crippen LogP contribution is -2.57. The van der Waals surface area contributed by atoms with Gasteiger partial charge in [0.2, 0.25) is 5.91 Å². The third-order valence-corrected chi connectivity index (χ3v) is 10.1. The smallest absolute Gasteiger partial charge is 0.237 e. The Morgan fingerprint density at radius 3 is 2.56 bits per heavy atom. The summed E-state index contributed by atoms with van der Waals surface area (Å²) in [6.45, 7) is 1.98. The average molecular weight is 697 g/mol. The molecule has 2 N–H and O–H groups in total. The van der Waals surface area contributed by atoms with Crippen molar-refractivity contribution in [2.45, 2.75) is 24.4 Å². The number of aldehydes is 1. The minimum absolute atomic E-state index is 0.0419. The molecule has 0 saturated carbocycles. The van der Waals surface area contributed by atoms with Crippen LogP contribution in [0.1, 0.15) is 18.4 Å². The number of carbonyl (C=O) groups excluding carboxylic acids is 2. The molecule has 3 aromatic carbocycles. The number of nitrogens with one attached hydrogen (secondary N) is 2. The molecule has 4 heterocycles. The molecule has 2 aliphatic heterocycles. The Bertz CT molecular complexity index is 2060. The molecule has 0 radical (unpaired) electrons. The molecule has 1 amide bonds. The molecule has 1 saturated heterocycles. The fourth-order valence-electron chi connectivity index (χ4n) is 6.93. The van der Waals surface area contributed by atoms with Crippen molar-refractivity contribution in [3.8, 4) is 22.6 Å². The van der Waals surface area contributed by atoms with Crippen LogP contribution in [0.5, 0.6) is 0 Å². The summed E-state index contributed by atoms with van der Waals surface area (Å²) < 4.78 is 30.2. The van der Waals surface area contributed by atoms with E-state index in [2.05, 4.69) is 25.5 Å². The molecular weight excluding hydrogens is 662 g/mol. The number of hydrogen-bond donors (Lipinski definition) is 2. The lowest BCUT2D eigenvalue weighted by atomic mass is 9.89. The number of hydrogen-bond acceptors (Lipinski definition) is 8. The van der Waals surface area contributed by atoms with Crippen LogP contribution >= 0.6 is 11.8 Å². The fraction of sp³-hybridized carbons (Fsp3) is 0.270. The Morgan fingerprint density at radius 2 is 1.86 bits per heavy atom. The van der Waals surface area contributed by atoms with Gasteiger partial charge in [-0.15, -0.1) is 0 Å². The predicted molar refractivity (Wildman–Crippen MR) is 189 cm³/mol. The van der Waals surface area contributed by atoms with Crippen LogP contribution in [0.25, 0.3) is 39.1 Å². The van der Waals surface area contributed by atoms with E-state index in [-0.39, 0.29) is 24.1 Å². The second-order valence-corrected chi connectivity index (χ2v) is 13.2. The van der Waals surface area contributed by atoms with Gasteiger partial charge in [0, 0.05) is 73.4 Å². The number of H-pyrrole nitrogens is 1. The number of halogens is 3. The van der Waals surface area contributed by atoms with Crippen molar-refractivity contribution < 1.29 is 18.4 Å². The third-order valence-electron chi connectivity index (χ3n) is 9.75. The van der Waals surface area contributed by atoms with Gasteiger partial charge in [-0.05, 0) is 84.8 Å². The van der Waals surface area contributed by atoms with Crippen molar-refractivity contribution >= 4 is 46.1 Å². The highest BCUT2D eigenvalue weighted by Gasteiger charge is 2.48. The van der Waals surface area contributed by atoms with Gasteiger partial charge in [-0.1, -0.05) is 18.2 Å². The highest BCUT2D eigenvalue weighted by Crippen LogP contribution is 2.35. The van der Waals surface area contributed by atoms with Crippen molar-refractivity contribution in [1.82, 2.24) is 34.4 Å². The third kappa shape index (κ3) is 6.61. The number of aromatic amines is 1.